The lowest BCUT2D eigenvalue weighted by molar-refractivity contribution is -0.136. The maximum atomic E-state index is 12.2. The van der Waals surface area contributed by atoms with E-state index in [2.05, 4.69) is 10.6 Å². The first-order chi connectivity index (χ1) is 9.79. The largest absolute Gasteiger partial charge is 0.365 e. The van der Waals surface area contributed by atoms with Gasteiger partial charge in [-0.2, -0.15) is 0 Å². The summed E-state index contributed by atoms with van der Waals surface area (Å²) in [6, 6.07) is 0. The third-order valence-corrected chi connectivity index (χ3v) is 4.57. The quantitative estimate of drug-likeness (QED) is 0.758. The van der Waals surface area contributed by atoms with E-state index in [1.807, 2.05) is 6.92 Å². The smallest absolute Gasteiger partial charge is 0.249 e. The summed E-state index contributed by atoms with van der Waals surface area (Å²) in [6.45, 7) is 5.07. The monoisotopic (exact) mass is 318 g/mol. The van der Waals surface area contributed by atoms with E-state index in [1.54, 1.807) is 0 Å². The fourth-order valence-electron chi connectivity index (χ4n) is 3.28. The minimum atomic E-state index is -0.248. The van der Waals surface area contributed by atoms with Crippen LogP contribution in [0, 0.1) is 5.92 Å². The Labute approximate surface area is 135 Å². The Morgan fingerprint density at radius 3 is 2.67 bits per heavy atom. The number of nitrogens with one attached hydrogen (secondary N) is 2. The highest BCUT2D eigenvalue weighted by Gasteiger charge is 2.24. The first-order valence-electron chi connectivity index (χ1n) is 8.43. The Balaban J connectivity index is 0.00000220. The number of carbonyl (C=O) groups is 1. The first-order valence-corrected chi connectivity index (χ1v) is 8.43. The molecule has 0 radical (unpaired) electrons. The highest BCUT2D eigenvalue weighted by Crippen LogP contribution is 2.23. The fourth-order valence-corrected chi connectivity index (χ4v) is 3.28. The zero-order valence-electron chi connectivity index (χ0n) is 13.2. The summed E-state index contributed by atoms with van der Waals surface area (Å²) >= 11 is 0. The highest BCUT2D eigenvalue weighted by molar-refractivity contribution is 5.85. The Kier molecular flexibility index (Phi) is 9.29. The van der Waals surface area contributed by atoms with Crippen LogP contribution in [-0.4, -0.2) is 37.7 Å². The van der Waals surface area contributed by atoms with Crippen LogP contribution in [0.3, 0.4) is 0 Å². The summed E-state index contributed by atoms with van der Waals surface area (Å²) in [6.07, 6.45) is 9.21. The van der Waals surface area contributed by atoms with E-state index in [9.17, 15) is 4.79 Å². The lowest BCUT2D eigenvalue weighted by Gasteiger charge is -2.24. The molecule has 0 bridgehead atoms. The van der Waals surface area contributed by atoms with Crippen LogP contribution in [0.15, 0.2) is 0 Å². The maximum absolute atomic E-state index is 12.2. The van der Waals surface area contributed by atoms with Crippen molar-refractivity contribution in [3.8, 4) is 0 Å². The zero-order chi connectivity index (χ0) is 14.2. The normalized spacial score (nSPS) is 24.3. The van der Waals surface area contributed by atoms with Gasteiger partial charge in [0, 0.05) is 6.54 Å². The standard InChI is InChI=1S/C16H30N2O2.ClH/c1-2-15(20-14-7-3-4-8-14)16(19)18-11-9-13-6-5-10-17-12-13;/h13-15,17H,2-12H2,1H3,(H,18,19);1H. The number of carbonyl (C=O) groups excluding carboxylic acids is 1. The van der Waals surface area contributed by atoms with Crippen LogP contribution in [0.5, 0.6) is 0 Å². The molecule has 1 heterocycles. The Morgan fingerprint density at radius 1 is 1.29 bits per heavy atom. The van der Waals surface area contributed by atoms with E-state index in [1.165, 1.54) is 25.7 Å². The molecule has 124 valence electrons. The van der Waals surface area contributed by atoms with Crippen LogP contribution >= 0.6 is 12.4 Å². The van der Waals surface area contributed by atoms with Crippen LogP contribution in [0.4, 0.5) is 0 Å². The summed E-state index contributed by atoms with van der Waals surface area (Å²) < 4.78 is 5.94. The van der Waals surface area contributed by atoms with Crippen molar-refractivity contribution in [1.29, 1.82) is 0 Å². The topological polar surface area (TPSA) is 50.4 Å². The van der Waals surface area contributed by atoms with Gasteiger partial charge in [0.05, 0.1) is 6.10 Å². The van der Waals surface area contributed by atoms with E-state index in [0.717, 1.165) is 51.2 Å². The van der Waals surface area contributed by atoms with Gasteiger partial charge in [-0.25, -0.2) is 0 Å². The number of ether oxygens (including phenoxy) is 1. The molecular weight excluding hydrogens is 288 g/mol. The van der Waals surface area contributed by atoms with Gasteiger partial charge in [0.1, 0.15) is 6.10 Å². The number of hydrogen-bond acceptors (Lipinski definition) is 3. The van der Waals surface area contributed by atoms with Crippen LogP contribution in [0.25, 0.3) is 0 Å². The first kappa shape index (κ1) is 18.7. The van der Waals surface area contributed by atoms with Crippen molar-refractivity contribution < 1.29 is 9.53 Å². The number of piperidine rings is 1. The van der Waals surface area contributed by atoms with E-state index >= 15 is 0 Å². The van der Waals surface area contributed by atoms with Crippen molar-refractivity contribution in [2.24, 2.45) is 5.92 Å². The van der Waals surface area contributed by atoms with Crippen molar-refractivity contribution in [1.82, 2.24) is 10.6 Å². The van der Waals surface area contributed by atoms with E-state index in [-0.39, 0.29) is 24.4 Å². The Hall–Kier alpha value is -0.320. The highest BCUT2D eigenvalue weighted by atomic mass is 35.5. The number of rotatable bonds is 7. The van der Waals surface area contributed by atoms with Gasteiger partial charge < -0.3 is 15.4 Å². The number of hydrogen-bond donors (Lipinski definition) is 2. The molecule has 5 heteroatoms. The molecule has 1 aliphatic heterocycles. The maximum Gasteiger partial charge on any atom is 0.249 e. The number of halogens is 1. The van der Waals surface area contributed by atoms with Crippen molar-refractivity contribution in [3.63, 3.8) is 0 Å². The second-order valence-corrected chi connectivity index (χ2v) is 6.23. The van der Waals surface area contributed by atoms with Gasteiger partial charge in [0.2, 0.25) is 5.91 Å². The molecule has 21 heavy (non-hydrogen) atoms. The zero-order valence-corrected chi connectivity index (χ0v) is 14.1. The van der Waals surface area contributed by atoms with Gasteiger partial charge in [0.15, 0.2) is 0 Å². The van der Waals surface area contributed by atoms with Crippen molar-refractivity contribution in [3.05, 3.63) is 0 Å². The van der Waals surface area contributed by atoms with Crippen molar-refractivity contribution in [2.45, 2.75) is 70.5 Å². The van der Waals surface area contributed by atoms with Gasteiger partial charge in [-0.3, -0.25) is 4.79 Å². The summed E-state index contributed by atoms with van der Waals surface area (Å²) in [5, 5.41) is 6.48. The molecular formula is C16H31ClN2O2. The molecule has 2 atom stereocenters. The third kappa shape index (κ3) is 6.54. The predicted octanol–water partition coefficient (Wildman–Crippen LogP) is 2.65. The van der Waals surface area contributed by atoms with E-state index < -0.39 is 0 Å². The average Bonchev–Trinajstić information content (AvgIpc) is 2.98. The van der Waals surface area contributed by atoms with Crippen LogP contribution in [0.2, 0.25) is 0 Å². The minimum absolute atomic E-state index is 0. The molecule has 0 aromatic carbocycles. The third-order valence-electron chi connectivity index (χ3n) is 4.57. The molecule has 1 aliphatic carbocycles. The SMILES string of the molecule is CCC(OC1CCCC1)C(=O)NCCC1CCCNC1.Cl. The average molecular weight is 319 g/mol. The molecule has 2 N–H and O–H groups in total. The molecule has 2 aliphatic rings. The van der Waals surface area contributed by atoms with Crippen LogP contribution in [0.1, 0.15) is 58.3 Å². The summed E-state index contributed by atoms with van der Waals surface area (Å²) in [5.74, 6) is 0.808. The van der Waals surface area contributed by atoms with Crippen LogP contribution in [-0.2, 0) is 9.53 Å². The number of amides is 1. The van der Waals surface area contributed by atoms with Gasteiger partial charge in [-0.1, -0.05) is 19.8 Å². The molecule has 1 saturated heterocycles. The molecule has 0 spiro atoms. The predicted molar refractivity (Wildman–Crippen MR) is 87.9 cm³/mol. The minimum Gasteiger partial charge on any atom is -0.365 e. The Bertz CT molecular complexity index is 290. The summed E-state index contributed by atoms with van der Waals surface area (Å²) in [5.41, 5.74) is 0. The van der Waals surface area contributed by atoms with E-state index in [4.69, 9.17) is 4.74 Å². The van der Waals surface area contributed by atoms with E-state index in [0.29, 0.717) is 6.10 Å². The van der Waals surface area contributed by atoms with Gasteiger partial charge in [0.25, 0.3) is 0 Å². The molecule has 4 nitrogen and oxygen atoms in total. The molecule has 2 rings (SSSR count). The van der Waals surface area contributed by atoms with Crippen LogP contribution < -0.4 is 10.6 Å². The summed E-state index contributed by atoms with van der Waals surface area (Å²) in [7, 11) is 0. The molecule has 2 fully saturated rings. The fraction of sp³-hybridized carbons (Fsp3) is 0.938. The van der Waals surface area contributed by atoms with Crippen molar-refractivity contribution in [2.75, 3.05) is 19.6 Å². The molecule has 0 aromatic heterocycles. The van der Waals surface area contributed by atoms with Gasteiger partial charge >= 0.3 is 0 Å². The summed E-state index contributed by atoms with van der Waals surface area (Å²) in [4.78, 5) is 12.2. The lowest BCUT2D eigenvalue weighted by atomic mass is 9.96. The molecule has 2 unspecified atom stereocenters. The van der Waals surface area contributed by atoms with Gasteiger partial charge in [-0.05, 0) is 57.5 Å². The molecule has 1 amide bonds. The lowest BCUT2D eigenvalue weighted by Crippen LogP contribution is -2.39. The van der Waals surface area contributed by atoms with Crippen molar-refractivity contribution >= 4 is 18.3 Å². The second kappa shape index (κ2) is 10.4. The Morgan fingerprint density at radius 2 is 2.05 bits per heavy atom. The van der Waals surface area contributed by atoms with Gasteiger partial charge in [-0.15, -0.1) is 12.4 Å². The molecule has 1 saturated carbocycles. The second-order valence-electron chi connectivity index (χ2n) is 6.23. The molecule has 0 aromatic rings.